The van der Waals surface area contributed by atoms with Crippen LogP contribution in [0.3, 0.4) is 0 Å². The first kappa shape index (κ1) is 18.5. The largest absolute Gasteiger partial charge is 0.573 e. The molecule has 2 rings (SSSR count). The van der Waals surface area contributed by atoms with Gasteiger partial charge in [0.1, 0.15) is 11.8 Å². The van der Waals surface area contributed by atoms with Gasteiger partial charge in [-0.2, -0.15) is 4.31 Å². The molecule has 1 aromatic carbocycles. The highest BCUT2D eigenvalue weighted by Crippen LogP contribution is 2.28. The van der Waals surface area contributed by atoms with Gasteiger partial charge in [0.05, 0.1) is 11.0 Å². The molecule has 0 bridgehead atoms. The van der Waals surface area contributed by atoms with Gasteiger partial charge in [-0.15, -0.1) is 13.2 Å². The lowest BCUT2D eigenvalue weighted by atomic mass is 10.0. The van der Waals surface area contributed by atoms with Gasteiger partial charge in [-0.3, -0.25) is 4.79 Å². The van der Waals surface area contributed by atoms with Gasteiger partial charge in [0, 0.05) is 13.0 Å². The molecular weight excluding hydrogens is 355 g/mol. The standard InChI is InChI=1S/C13H14F3NO6S/c14-13(15,16)23-9-1-3-10(4-2-9)24(21,22)17-6-5-8(18)7-11(17)12(19)20/h1-4,8,11,18H,5-7H2,(H,19,20)/t8-,11+/m0/s1. The number of carboxylic acids is 1. The van der Waals surface area contributed by atoms with Gasteiger partial charge in [-0.05, 0) is 30.7 Å². The van der Waals surface area contributed by atoms with Crippen LogP contribution in [0.15, 0.2) is 29.2 Å². The maximum absolute atomic E-state index is 12.5. The van der Waals surface area contributed by atoms with Crippen molar-refractivity contribution in [2.75, 3.05) is 6.54 Å². The Bertz CT molecular complexity index is 703. The number of hydrogen-bond acceptors (Lipinski definition) is 5. The van der Waals surface area contributed by atoms with E-state index >= 15 is 0 Å². The SMILES string of the molecule is O=C(O)[C@H]1C[C@@H](O)CCN1S(=O)(=O)c1ccc(OC(F)(F)F)cc1. The maximum Gasteiger partial charge on any atom is 0.573 e. The van der Waals surface area contributed by atoms with Crippen LogP contribution in [0.25, 0.3) is 0 Å². The van der Waals surface area contributed by atoms with Crippen molar-refractivity contribution in [1.82, 2.24) is 4.31 Å². The smallest absolute Gasteiger partial charge is 0.480 e. The zero-order valence-electron chi connectivity index (χ0n) is 12.1. The van der Waals surface area contributed by atoms with Gasteiger partial charge in [-0.1, -0.05) is 0 Å². The number of aliphatic hydroxyl groups is 1. The minimum Gasteiger partial charge on any atom is -0.480 e. The fourth-order valence-corrected chi connectivity index (χ4v) is 3.99. The summed E-state index contributed by atoms with van der Waals surface area (Å²) in [5.74, 6) is -2.00. The van der Waals surface area contributed by atoms with E-state index in [0.717, 1.165) is 28.6 Å². The molecule has 1 saturated heterocycles. The summed E-state index contributed by atoms with van der Waals surface area (Å²) in [7, 11) is -4.24. The highest BCUT2D eigenvalue weighted by atomic mass is 32.2. The van der Waals surface area contributed by atoms with Gasteiger partial charge >= 0.3 is 12.3 Å². The molecule has 134 valence electrons. The molecule has 1 fully saturated rings. The number of sulfonamides is 1. The molecule has 1 heterocycles. The summed E-state index contributed by atoms with van der Waals surface area (Å²) >= 11 is 0. The second-order valence-corrected chi connectivity index (χ2v) is 7.06. The fourth-order valence-electron chi connectivity index (χ4n) is 2.39. The molecule has 0 unspecified atom stereocenters. The minimum absolute atomic E-state index is 0.0677. The number of carboxylic acid groups (broad SMARTS) is 1. The number of aliphatic carboxylic acids is 1. The van der Waals surface area contributed by atoms with Gasteiger partial charge in [-0.25, -0.2) is 8.42 Å². The molecule has 11 heteroatoms. The van der Waals surface area contributed by atoms with E-state index in [9.17, 15) is 31.5 Å². The van der Waals surface area contributed by atoms with E-state index in [-0.39, 0.29) is 24.3 Å². The van der Waals surface area contributed by atoms with Crippen LogP contribution in [-0.2, 0) is 14.8 Å². The third-order valence-electron chi connectivity index (χ3n) is 3.47. The van der Waals surface area contributed by atoms with E-state index in [1.807, 2.05) is 0 Å². The molecule has 0 aromatic heterocycles. The van der Waals surface area contributed by atoms with Crippen LogP contribution in [0, 0.1) is 0 Å². The van der Waals surface area contributed by atoms with Crippen LogP contribution in [0.4, 0.5) is 13.2 Å². The molecule has 0 spiro atoms. The van der Waals surface area contributed by atoms with Crippen molar-refractivity contribution < 1.29 is 41.3 Å². The Labute approximate surface area is 135 Å². The number of benzene rings is 1. The van der Waals surface area contributed by atoms with Gasteiger partial charge in [0.2, 0.25) is 10.0 Å². The summed E-state index contributed by atoms with van der Waals surface area (Å²) in [5, 5.41) is 18.7. The monoisotopic (exact) mass is 369 g/mol. The lowest BCUT2D eigenvalue weighted by Crippen LogP contribution is -2.51. The van der Waals surface area contributed by atoms with Crippen molar-refractivity contribution >= 4 is 16.0 Å². The first-order valence-electron chi connectivity index (χ1n) is 6.79. The van der Waals surface area contributed by atoms with E-state index < -0.39 is 40.3 Å². The lowest BCUT2D eigenvalue weighted by Gasteiger charge is -2.34. The number of nitrogens with zero attached hydrogens (tertiary/aromatic N) is 1. The number of ether oxygens (including phenoxy) is 1. The number of aliphatic hydroxyl groups excluding tert-OH is 1. The summed E-state index contributed by atoms with van der Waals surface area (Å²) in [4.78, 5) is 10.9. The highest BCUT2D eigenvalue weighted by Gasteiger charge is 2.40. The van der Waals surface area contributed by atoms with E-state index in [4.69, 9.17) is 5.11 Å². The van der Waals surface area contributed by atoms with Crippen LogP contribution in [0.5, 0.6) is 5.75 Å². The summed E-state index contributed by atoms with van der Waals surface area (Å²) < 4.78 is 65.7. The van der Waals surface area contributed by atoms with Crippen molar-refractivity contribution in [3.8, 4) is 5.75 Å². The predicted octanol–water partition coefficient (Wildman–Crippen LogP) is 1.18. The van der Waals surface area contributed by atoms with Gasteiger partial charge < -0.3 is 14.9 Å². The minimum atomic E-state index is -4.90. The van der Waals surface area contributed by atoms with Crippen LogP contribution >= 0.6 is 0 Å². The average molecular weight is 369 g/mol. The normalized spacial score (nSPS) is 23.0. The van der Waals surface area contributed by atoms with Crippen LogP contribution in [-0.4, -0.2) is 54.0 Å². The summed E-state index contributed by atoms with van der Waals surface area (Å²) in [6, 6.07) is 2.02. The zero-order chi connectivity index (χ0) is 18.1. The number of halogens is 3. The number of piperidine rings is 1. The van der Waals surface area contributed by atoms with E-state index in [1.54, 1.807) is 0 Å². The van der Waals surface area contributed by atoms with E-state index in [1.165, 1.54) is 0 Å². The molecule has 1 aromatic rings. The fraction of sp³-hybridized carbons (Fsp3) is 0.462. The number of carbonyl (C=O) groups is 1. The second kappa shape index (κ2) is 6.57. The second-order valence-electron chi connectivity index (χ2n) is 5.17. The molecule has 0 amide bonds. The third kappa shape index (κ3) is 4.16. The van der Waals surface area contributed by atoms with Crippen molar-refractivity contribution in [2.45, 2.75) is 36.2 Å². The molecule has 7 nitrogen and oxygen atoms in total. The summed E-state index contributed by atoms with van der Waals surface area (Å²) in [6.45, 7) is -0.207. The summed E-state index contributed by atoms with van der Waals surface area (Å²) in [6.07, 6.45) is -6.03. The Hall–Kier alpha value is -1.85. The van der Waals surface area contributed by atoms with Gasteiger partial charge in [0.25, 0.3) is 0 Å². The number of hydrogen-bond donors (Lipinski definition) is 2. The average Bonchev–Trinajstić information content (AvgIpc) is 2.45. The molecule has 2 atom stereocenters. The van der Waals surface area contributed by atoms with Crippen molar-refractivity contribution in [3.05, 3.63) is 24.3 Å². The first-order chi connectivity index (χ1) is 11.0. The molecule has 1 aliphatic rings. The molecular formula is C13H14F3NO6S. The van der Waals surface area contributed by atoms with Gasteiger partial charge in [0.15, 0.2) is 0 Å². The first-order valence-corrected chi connectivity index (χ1v) is 8.23. The molecule has 0 aliphatic carbocycles. The maximum atomic E-state index is 12.5. The topological polar surface area (TPSA) is 104 Å². The Kier molecular flexibility index (Phi) is 5.06. The van der Waals surface area contributed by atoms with E-state index in [2.05, 4.69) is 4.74 Å². The molecule has 0 saturated carbocycles. The Morgan fingerprint density at radius 1 is 1.25 bits per heavy atom. The van der Waals surface area contributed by atoms with Crippen LogP contribution in [0.1, 0.15) is 12.8 Å². The Morgan fingerprint density at radius 3 is 2.33 bits per heavy atom. The van der Waals surface area contributed by atoms with Crippen LogP contribution in [0.2, 0.25) is 0 Å². The quantitative estimate of drug-likeness (QED) is 0.826. The van der Waals surface area contributed by atoms with Crippen molar-refractivity contribution in [1.29, 1.82) is 0 Å². The predicted molar refractivity (Wildman–Crippen MR) is 73.7 cm³/mol. The summed E-state index contributed by atoms with van der Waals surface area (Å²) in [5.41, 5.74) is 0. The molecule has 0 radical (unpaired) electrons. The zero-order valence-corrected chi connectivity index (χ0v) is 12.9. The lowest BCUT2D eigenvalue weighted by molar-refractivity contribution is -0.274. The van der Waals surface area contributed by atoms with Crippen molar-refractivity contribution in [2.24, 2.45) is 0 Å². The van der Waals surface area contributed by atoms with E-state index in [0.29, 0.717) is 0 Å². The highest BCUT2D eigenvalue weighted by molar-refractivity contribution is 7.89. The van der Waals surface area contributed by atoms with Crippen LogP contribution < -0.4 is 4.74 Å². The van der Waals surface area contributed by atoms with Crippen molar-refractivity contribution in [3.63, 3.8) is 0 Å². The number of rotatable bonds is 4. The number of alkyl halides is 3. The third-order valence-corrected chi connectivity index (χ3v) is 5.40. The Morgan fingerprint density at radius 2 is 1.83 bits per heavy atom. The molecule has 24 heavy (non-hydrogen) atoms. The molecule has 2 N–H and O–H groups in total. The Balaban J connectivity index is 2.27. The molecule has 1 aliphatic heterocycles.